The Bertz CT molecular complexity index is 562. The summed E-state index contributed by atoms with van der Waals surface area (Å²) in [5, 5.41) is 9.25. The first-order valence-electron chi connectivity index (χ1n) is 6.52. The highest BCUT2D eigenvalue weighted by atomic mass is 32.2. The third-order valence-electron chi connectivity index (χ3n) is 3.91. The van der Waals surface area contributed by atoms with Gasteiger partial charge in [-0.05, 0) is 55.9 Å². The topological polar surface area (TPSA) is 57.6 Å². The van der Waals surface area contributed by atoms with Gasteiger partial charge in [0.15, 0.2) is 0 Å². The molecule has 106 valence electrons. The number of hydrogen-bond donors (Lipinski definition) is 1. The van der Waals surface area contributed by atoms with Crippen molar-refractivity contribution in [2.75, 3.05) is 13.6 Å². The minimum Gasteiger partial charge on any atom is -0.393 e. The van der Waals surface area contributed by atoms with E-state index in [0.717, 1.165) is 11.1 Å². The predicted octanol–water partition coefficient (Wildman–Crippen LogP) is 1.69. The molecule has 0 bridgehead atoms. The normalized spacial score (nSPS) is 23.4. The van der Waals surface area contributed by atoms with Crippen molar-refractivity contribution >= 4 is 10.0 Å². The smallest absolute Gasteiger partial charge is 0.242 e. The third-order valence-corrected chi connectivity index (χ3v) is 5.73. The molecule has 0 aliphatic heterocycles. The van der Waals surface area contributed by atoms with E-state index in [-0.39, 0.29) is 12.0 Å². The van der Waals surface area contributed by atoms with E-state index in [9.17, 15) is 13.5 Å². The van der Waals surface area contributed by atoms with Crippen LogP contribution >= 0.6 is 0 Å². The maximum Gasteiger partial charge on any atom is 0.242 e. The van der Waals surface area contributed by atoms with E-state index in [1.807, 2.05) is 19.9 Å². The van der Waals surface area contributed by atoms with Crippen LogP contribution in [-0.4, -0.2) is 37.5 Å². The molecule has 1 aliphatic carbocycles. The number of hydrogen-bond acceptors (Lipinski definition) is 3. The molecule has 0 saturated heterocycles. The van der Waals surface area contributed by atoms with Gasteiger partial charge in [0.2, 0.25) is 10.0 Å². The number of benzene rings is 1. The molecule has 4 nitrogen and oxygen atoms in total. The molecule has 0 amide bonds. The van der Waals surface area contributed by atoms with E-state index in [4.69, 9.17) is 0 Å². The van der Waals surface area contributed by atoms with Gasteiger partial charge in [0.25, 0.3) is 0 Å². The third kappa shape index (κ3) is 2.99. The van der Waals surface area contributed by atoms with Crippen LogP contribution in [0, 0.1) is 19.8 Å². The Morgan fingerprint density at radius 3 is 2.42 bits per heavy atom. The standard InChI is InChI=1S/C14H21NO3S/c1-10-4-5-14(6-11(10)2)19(17,18)15(3)9-12-7-13(16)8-12/h4-6,12-13,16H,7-9H2,1-3H3. The largest absolute Gasteiger partial charge is 0.393 e. The van der Waals surface area contributed by atoms with Gasteiger partial charge in [0.05, 0.1) is 11.0 Å². The van der Waals surface area contributed by atoms with Gasteiger partial charge in [0.1, 0.15) is 0 Å². The number of rotatable bonds is 4. The molecule has 19 heavy (non-hydrogen) atoms. The van der Waals surface area contributed by atoms with Crippen molar-refractivity contribution in [3.05, 3.63) is 29.3 Å². The summed E-state index contributed by atoms with van der Waals surface area (Å²) in [6.07, 6.45) is 1.15. The van der Waals surface area contributed by atoms with Crippen LogP contribution in [0.4, 0.5) is 0 Å². The second-order valence-electron chi connectivity index (χ2n) is 5.52. The number of sulfonamides is 1. The number of aliphatic hydroxyl groups excluding tert-OH is 1. The monoisotopic (exact) mass is 283 g/mol. The van der Waals surface area contributed by atoms with Crippen molar-refractivity contribution in [1.29, 1.82) is 0 Å². The van der Waals surface area contributed by atoms with E-state index in [0.29, 0.717) is 24.3 Å². The van der Waals surface area contributed by atoms with Crippen LogP contribution in [0.5, 0.6) is 0 Å². The summed E-state index contributed by atoms with van der Waals surface area (Å²) in [5.74, 6) is 0.279. The maximum absolute atomic E-state index is 12.4. The lowest BCUT2D eigenvalue weighted by molar-refractivity contribution is 0.0367. The van der Waals surface area contributed by atoms with E-state index in [1.165, 1.54) is 4.31 Å². The zero-order chi connectivity index (χ0) is 14.2. The van der Waals surface area contributed by atoms with E-state index in [1.54, 1.807) is 19.2 Å². The predicted molar refractivity (Wildman–Crippen MR) is 74.5 cm³/mol. The fourth-order valence-electron chi connectivity index (χ4n) is 2.37. The first-order valence-corrected chi connectivity index (χ1v) is 7.96. The molecule has 0 heterocycles. The van der Waals surface area contributed by atoms with Crippen molar-refractivity contribution in [3.8, 4) is 0 Å². The lowest BCUT2D eigenvalue weighted by Gasteiger charge is -2.34. The average molecular weight is 283 g/mol. The number of aryl methyl sites for hydroxylation is 2. The second-order valence-corrected chi connectivity index (χ2v) is 7.57. The van der Waals surface area contributed by atoms with Crippen molar-refractivity contribution in [2.24, 2.45) is 5.92 Å². The Hall–Kier alpha value is -0.910. The molecule has 0 atom stereocenters. The maximum atomic E-state index is 12.4. The summed E-state index contributed by atoms with van der Waals surface area (Å²) >= 11 is 0. The molecule has 0 unspecified atom stereocenters. The molecule has 2 rings (SSSR count). The van der Waals surface area contributed by atoms with Gasteiger partial charge >= 0.3 is 0 Å². The summed E-state index contributed by atoms with van der Waals surface area (Å²) in [6, 6.07) is 5.21. The Labute approximate surface area is 115 Å². The van der Waals surface area contributed by atoms with Crippen molar-refractivity contribution in [1.82, 2.24) is 4.31 Å². The molecule has 1 fully saturated rings. The Morgan fingerprint density at radius 1 is 1.26 bits per heavy atom. The first-order chi connectivity index (χ1) is 8.80. The van der Waals surface area contributed by atoms with Gasteiger partial charge in [0, 0.05) is 13.6 Å². The Morgan fingerprint density at radius 2 is 1.89 bits per heavy atom. The molecular formula is C14H21NO3S. The zero-order valence-corrected chi connectivity index (χ0v) is 12.4. The molecule has 1 aromatic carbocycles. The average Bonchev–Trinajstić information content (AvgIpc) is 2.30. The van der Waals surface area contributed by atoms with Crippen LogP contribution in [0.3, 0.4) is 0 Å². The van der Waals surface area contributed by atoms with Crippen LogP contribution in [0.25, 0.3) is 0 Å². The summed E-state index contributed by atoms with van der Waals surface area (Å²) in [6.45, 7) is 4.36. The Balaban J connectivity index is 2.14. The molecule has 0 radical (unpaired) electrons. The first kappa shape index (κ1) is 14.5. The van der Waals surface area contributed by atoms with Gasteiger partial charge in [-0.3, -0.25) is 0 Å². The molecule has 0 aromatic heterocycles. The molecular weight excluding hydrogens is 262 g/mol. The highest BCUT2D eigenvalue weighted by molar-refractivity contribution is 7.89. The second kappa shape index (κ2) is 5.23. The van der Waals surface area contributed by atoms with Crippen LogP contribution < -0.4 is 0 Å². The lowest BCUT2D eigenvalue weighted by atomic mass is 9.82. The van der Waals surface area contributed by atoms with Gasteiger partial charge in [-0.2, -0.15) is 0 Å². The SMILES string of the molecule is Cc1ccc(S(=O)(=O)N(C)CC2CC(O)C2)cc1C. The van der Waals surface area contributed by atoms with Crippen LogP contribution in [0.15, 0.2) is 23.1 Å². The zero-order valence-electron chi connectivity index (χ0n) is 11.6. The highest BCUT2D eigenvalue weighted by Crippen LogP contribution is 2.29. The number of nitrogens with zero attached hydrogens (tertiary/aromatic N) is 1. The van der Waals surface area contributed by atoms with E-state index < -0.39 is 10.0 Å². The summed E-state index contributed by atoms with van der Waals surface area (Å²) in [4.78, 5) is 0.345. The summed E-state index contributed by atoms with van der Waals surface area (Å²) < 4.78 is 26.2. The fourth-order valence-corrected chi connectivity index (χ4v) is 3.70. The minimum absolute atomic E-state index is 0.247. The molecule has 5 heteroatoms. The molecule has 0 spiro atoms. The van der Waals surface area contributed by atoms with Crippen LogP contribution in [-0.2, 0) is 10.0 Å². The van der Waals surface area contributed by atoms with E-state index >= 15 is 0 Å². The van der Waals surface area contributed by atoms with Crippen molar-refractivity contribution in [3.63, 3.8) is 0 Å². The quantitative estimate of drug-likeness (QED) is 0.915. The van der Waals surface area contributed by atoms with E-state index in [2.05, 4.69) is 0 Å². The lowest BCUT2D eigenvalue weighted by Crippen LogP contribution is -2.39. The highest BCUT2D eigenvalue weighted by Gasteiger charge is 2.31. The number of aliphatic hydroxyl groups is 1. The van der Waals surface area contributed by atoms with Gasteiger partial charge in [-0.15, -0.1) is 0 Å². The van der Waals surface area contributed by atoms with Gasteiger partial charge in [-0.1, -0.05) is 6.07 Å². The fraction of sp³-hybridized carbons (Fsp3) is 0.571. The van der Waals surface area contributed by atoms with Crippen LogP contribution in [0.1, 0.15) is 24.0 Å². The van der Waals surface area contributed by atoms with Gasteiger partial charge < -0.3 is 5.11 Å². The van der Waals surface area contributed by atoms with Gasteiger partial charge in [-0.25, -0.2) is 12.7 Å². The minimum atomic E-state index is -3.42. The van der Waals surface area contributed by atoms with Crippen LogP contribution in [0.2, 0.25) is 0 Å². The van der Waals surface area contributed by atoms with Crippen molar-refractivity contribution < 1.29 is 13.5 Å². The molecule has 1 saturated carbocycles. The summed E-state index contributed by atoms with van der Waals surface area (Å²) in [7, 11) is -1.81. The molecule has 1 N–H and O–H groups in total. The molecule has 1 aromatic rings. The summed E-state index contributed by atoms with van der Waals surface area (Å²) in [5.41, 5.74) is 2.07. The Kier molecular flexibility index (Phi) is 3.99. The van der Waals surface area contributed by atoms with Crippen molar-refractivity contribution in [2.45, 2.75) is 37.7 Å². The molecule has 1 aliphatic rings.